The van der Waals surface area contributed by atoms with Crippen molar-refractivity contribution in [1.82, 2.24) is 29.5 Å². The Morgan fingerprint density at radius 1 is 1.24 bits per heavy atom. The van der Waals surface area contributed by atoms with E-state index < -0.39 is 12.1 Å². The summed E-state index contributed by atoms with van der Waals surface area (Å²) in [5, 5.41) is 21.5. The fourth-order valence-electron chi connectivity index (χ4n) is 5.11. The van der Waals surface area contributed by atoms with Gasteiger partial charge in [0.1, 0.15) is 17.0 Å². The number of hydrogen-bond acceptors (Lipinski definition) is 7. The number of aliphatic hydroxyl groups is 1. The molecule has 0 aromatic carbocycles. The minimum atomic E-state index is -0.726. The van der Waals surface area contributed by atoms with Gasteiger partial charge in [0.25, 0.3) is 5.91 Å². The van der Waals surface area contributed by atoms with Gasteiger partial charge in [0.15, 0.2) is 5.65 Å². The molecule has 3 N–H and O–H groups in total. The lowest BCUT2D eigenvalue weighted by Gasteiger charge is -2.14. The molecule has 34 heavy (non-hydrogen) atoms. The first-order valence-corrected chi connectivity index (χ1v) is 11.7. The molecule has 4 aromatic heterocycles. The molecule has 1 amide bonds. The van der Waals surface area contributed by atoms with Crippen LogP contribution in [0.25, 0.3) is 27.9 Å². The zero-order valence-electron chi connectivity index (χ0n) is 18.9. The Bertz CT molecular complexity index is 1370. The minimum Gasteiger partial charge on any atom is -0.388 e. The summed E-state index contributed by atoms with van der Waals surface area (Å²) in [7, 11) is 1.82. The van der Waals surface area contributed by atoms with Crippen LogP contribution in [-0.4, -0.2) is 67.6 Å². The average molecular weight is 462 g/mol. The summed E-state index contributed by atoms with van der Waals surface area (Å²) in [5.41, 5.74) is 3.46. The van der Waals surface area contributed by atoms with Crippen molar-refractivity contribution in [2.45, 2.75) is 43.9 Å². The number of aliphatic hydroxyl groups excluding tert-OH is 1. The third-order valence-corrected chi connectivity index (χ3v) is 6.92. The van der Waals surface area contributed by atoms with E-state index in [9.17, 15) is 9.90 Å². The molecule has 0 radical (unpaired) electrons. The first-order chi connectivity index (χ1) is 16.6. The zero-order valence-corrected chi connectivity index (χ0v) is 18.9. The van der Waals surface area contributed by atoms with Crippen molar-refractivity contribution in [3.05, 3.63) is 42.4 Å². The highest BCUT2D eigenvalue weighted by Crippen LogP contribution is 2.37. The van der Waals surface area contributed by atoms with E-state index in [-0.39, 0.29) is 19.1 Å². The van der Waals surface area contributed by atoms with Crippen molar-refractivity contribution in [3.63, 3.8) is 0 Å². The number of nitrogens with one attached hydrogen (secondary N) is 2. The van der Waals surface area contributed by atoms with Gasteiger partial charge in [-0.25, -0.2) is 9.97 Å². The summed E-state index contributed by atoms with van der Waals surface area (Å²) in [4.78, 5) is 22.6. The molecule has 176 valence electrons. The van der Waals surface area contributed by atoms with Crippen LogP contribution in [0.5, 0.6) is 0 Å². The number of nitrogens with zero attached hydrogens (tertiary/aromatic N) is 5. The number of pyridine rings is 1. The fourth-order valence-corrected chi connectivity index (χ4v) is 5.11. The normalized spacial score (nSPS) is 21.0. The maximum atomic E-state index is 13.1. The highest BCUT2D eigenvalue weighted by atomic mass is 16.5. The molecule has 10 nitrogen and oxygen atoms in total. The molecule has 1 aliphatic carbocycles. The van der Waals surface area contributed by atoms with Crippen LogP contribution in [0.15, 0.2) is 36.8 Å². The molecule has 2 fully saturated rings. The molecule has 0 bridgehead atoms. The van der Waals surface area contributed by atoms with E-state index in [0.29, 0.717) is 23.1 Å². The lowest BCUT2D eigenvalue weighted by atomic mass is 10.1. The molecular weight excluding hydrogens is 434 g/mol. The first-order valence-electron chi connectivity index (χ1n) is 11.7. The van der Waals surface area contributed by atoms with E-state index in [1.165, 1.54) is 19.0 Å². The number of amides is 1. The Morgan fingerprint density at radius 2 is 2.09 bits per heavy atom. The Hall–Kier alpha value is -3.50. The summed E-state index contributed by atoms with van der Waals surface area (Å²) in [6.07, 6.45) is 9.52. The smallest absolute Gasteiger partial charge is 0.257 e. The van der Waals surface area contributed by atoms with Crippen molar-refractivity contribution in [3.8, 4) is 11.3 Å². The van der Waals surface area contributed by atoms with Gasteiger partial charge in [0.05, 0.1) is 37.3 Å². The number of hydrogen-bond donors (Lipinski definition) is 3. The molecule has 6 rings (SSSR count). The molecule has 0 spiro atoms. The molecule has 1 saturated heterocycles. The fraction of sp³-hybridized carbons (Fsp3) is 0.417. The average Bonchev–Trinajstić information content (AvgIpc) is 3.64. The topological polar surface area (TPSA) is 119 Å². The Balaban J connectivity index is 1.46. The number of rotatable bonds is 5. The van der Waals surface area contributed by atoms with Gasteiger partial charge in [-0.05, 0) is 25.0 Å². The number of carbonyl (C=O) groups excluding carboxylic acids is 1. The van der Waals surface area contributed by atoms with Gasteiger partial charge in [-0.2, -0.15) is 9.61 Å². The lowest BCUT2D eigenvalue weighted by molar-refractivity contribution is 0.0888. The number of carbonyl (C=O) groups is 1. The second kappa shape index (κ2) is 8.37. The van der Waals surface area contributed by atoms with Crippen LogP contribution in [0.4, 0.5) is 5.82 Å². The highest BCUT2D eigenvalue weighted by molar-refractivity contribution is 6.01. The predicted octanol–water partition coefficient (Wildman–Crippen LogP) is 2.39. The predicted molar refractivity (Wildman–Crippen MR) is 127 cm³/mol. The van der Waals surface area contributed by atoms with Crippen LogP contribution in [0.3, 0.4) is 0 Å². The second-order valence-electron chi connectivity index (χ2n) is 9.02. The van der Waals surface area contributed by atoms with Crippen LogP contribution in [0.2, 0.25) is 0 Å². The third-order valence-electron chi connectivity index (χ3n) is 6.92. The van der Waals surface area contributed by atoms with Crippen molar-refractivity contribution in [2.24, 2.45) is 0 Å². The van der Waals surface area contributed by atoms with Gasteiger partial charge in [-0.3, -0.25) is 4.79 Å². The molecule has 2 atom stereocenters. The second-order valence-corrected chi connectivity index (χ2v) is 9.02. The third kappa shape index (κ3) is 3.41. The molecule has 2 aliphatic rings. The quantitative estimate of drug-likeness (QED) is 0.418. The number of ether oxygens (including phenoxy) is 1. The van der Waals surface area contributed by atoms with Gasteiger partial charge < -0.3 is 25.0 Å². The van der Waals surface area contributed by atoms with Crippen LogP contribution in [-0.2, 0) is 4.74 Å². The summed E-state index contributed by atoms with van der Waals surface area (Å²) in [5.74, 6) is 0.375. The molecule has 5 heterocycles. The number of anilines is 1. The van der Waals surface area contributed by atoms with E-state index in [1.807, 2.05) is 25.4 Å². The van der Waals surface area contributed by atoms with Gasteiger partial charge >= 0.3 is 0 Å². The van der Waals surface area contributed by atoms with E-state index in [1.54, 1.807) is 4.52 Å². The van der Waals surface area contributed by atoms with Crippen LogP contribution >= 0.6 is 0 Å². The van der Waals surface area contributed by atoms with Crippen molar-refractivity contribution in [1.29, 1.82) is 0 Å². The van der Waals surface area contributed by atoms with Crippen molar-refractivity contribution < 1.29 is 14.6 Å². The number of fused-ring (bicyclic) bond motifs is 2. The molecule has 1 saturated carbocycles. The summed E-state index contributed by atoms with van der Waals surface area (Å²) >= 11 is 0. The zero-order chi connectivity index (χ0) is 23.2. The Morgan fingerprint density at radius 3 is 2.85 bits per heavy atom. The summed E-state index contributed by atoms with van der Waals surface area (Å²) < 4.78 is 9.16. The molecule has 4 aromatic rings. The monoisotopic (exact) mass is 461 g/mol. The standard InChI is InChI=1S/C24H27N7O3/c1-25-21-9-18(17-11-30(14-5-2-3-6-14)22-15(17)7-4-8-26-22)28-23-16(10-27-31(21)23)24(33)29-19-12-34-13-20(19)32/h4,7-11,14,19-20,25,32H,2-3,5-6,12-13H2,1H3,(H,29,33)/t19-,20?/m0/s1. The van der Waals surface area contributed by atoms with Crippen molar-refractivity contribution in [2.75, 3.05) is 25.6 Å². The maximum Gasteiger partial charge on any atom is 0.257 e. The van der Waals surface area contributed by atoms with E-state index in [2.05, 4.69) is 37.5 Å². The van der Waals surface area contributed by atoms with Crippen molar-refractivity contribution >= 4 is 28.4 Å². The number of aromatic nitrogens is 5. The van der Waals surface area contributed by atoms with Crippen LogP contribution in [0.1, 0.15) is 42.1 Å². The van der Waals surface area contributed by atoms with Gasteiger partial charge in [0, 0.05) is 42.5 Å². The molecule has 1 aliphatic heterocycles. The summed E-state index contributed by atoms with van der Waals surface area (Å²) in [6.45, 7) is 0.491. The molecule has 10 heteroatoms. The SMILES string of the molecule is CNc1cc(-c2cn(C3CCCC3)c3ncccc23)nc2c(C(=O)N[C@H]3COCC3O)cnn12. The van der Waals surface area contributed by atoms with Crippen LogP contribution in [0, 0.1) is 0 Å². The van der Waals surface area contributed by atoms with E-state index in [0.717, 1.165) is 35.1 Å². The van der Waals surface area contributed by atoms with Crippen LogP contribution < -0.4 is 10.6 Å². The highest BCUT2D eigenvalue weighted by Gasteiger charge is 2.29. The minimum absolute atomic E-state index is 0.213. The largest absolute Gasteiger partial charge is 0.388 e. The first kappa shape index (κ1) is 21.1. The molecular formula is C24H27N7O3. The van der Waals surface area contributed by atoms with Gasteiger partial charge in [-0.1, -0.05) is 12.8 Å². The summed E-state index contributed by atoms with van der Waals surface area (Å²) in [6, 6.07) is 5.94. The molecule has 1 unspecified atom stereocenters. The Labute approximate surface area is 196 Å². The Kier molecular flexibility index (Phi) is 5.19. The van der Waals surface area contributed by atoms with Gasteiger partial charge in [0.2, 0.25) is 0 Å². The maximum absolute atomic E-state index is 13.1. The van der Waals surface area contributed by atoms with E-state index in [4.69, 9.17) is 9.72 Å². The van der Waals surface area contributed by atoms with Gasteiger partial charge in [-0.15, -0.1) is 0 Å². The lowest BCUT2D eigenvalue weighted by Crippen LogP contribution is -2.42. The van der Waals surface area contributed by atoms with E-state index >= 15 is 0 Å².